The maximum atomic E-state index is 12.3. The maximum Gasteiger partial charge on any atom is 0.346 e. The Morgan fingerprint density at radius 2 is 1.68 bits per heavy atom. The van der Waals surface area contributed by atoms with Crippen molar-refractivity contribution < 1.29 is 33.5 Å². The molecule has 148 valence electrons. The van der Waals surface area contributed by atoms with E-state index in [1.165, 1.54) is 39.5 Å². The SMILES string of the molecule is COc1ccc(NC(=O)COC(=O)c2c(OC)cccc2OC)c([N+](=O)[O-])c1. The van der Waals surface area contributed by atoms with Gasteiger partial charge in [0, 0.05) is 0 Å². The van der Waals surface area contributed by atoms with Crippen LogP contribution in [-0.4, -0.2) is 44.7 Å². The van der Waals surface area contributed by atoms with Gasteiger partial charge in [0.2, 0.25) is 0 Å². The van der Waals surface area contributed by atoms with Gasteiger partial charge in [-0.15, -0.1) is 0 Å². The number of ether oxygens (including phenoxy) is 4. The van der Waals surface area contributed by atoms with Crippen LogP contribution in [0.1, 0.15) is 10.4 Å². The van der Waals surface area contributed by atoms with Gasteiger partial charge in [0.15, 0.2) is 6.61 Å². The van der Waals surface area contributed by atoms with Gasteiger partial charge in [-0.2, -0.15) is 0 Å². The van der Waals surface area contributed by atoms with Gasteiger partial charge in [-0.25, -0.2) is 4.79 Å². The first kappa shape index (κ1) is 20.5. The van der Waals surface area contributed by atoms with E-state index in [4.69, 9.17) is 18.9 Å². The molecule has 0 aliphatic carbocycles. The Kier molecular flexibility index (Phi) is 6.74. The van der Waals surface area contributed by atoms with E-state index in [0.717, 1.165) is 0 Å². The van der Waals surface area contributed by atoms with E-state index in [-0.39, 0.29) is 34.2 Å². The van der Waals surface area contributed by atoms with Crippen LogP contribution in [-0.2, 0) is 9.53 Å². The number of anilines is 1. The van der Waals surface area contributed by atoms with E-state index in [1.54, 1.807) is 18.2 Å². The predicted octanol–water partition coefficient (Wildman–Crippen LogP) is 2.42. The molecule has 0 saturated carbocycles. The topological polar surface area (TPSA) is 126 Å². The lowest BCUT2D eigenvalue weighted by atomic mass is 10.2. The number of hydrogen-bond acceptors (Lipinski definition) is 8. The number of nitrogens with zero attached hydrogens (tertiary/aromatic N) is 1. The number of hydrogen-bond donors (Lipinski definition) is 1. The Balaban J connectivity index is 2.10. The molecule has 0 radical (unpaired) electrons. The first-order valence-corrected chi connectivity index (χ1v) is 7.91. The van der Waals surface area contributed by atoms with Gasteiger partial charge in [0.25, 0.3) is 11.6 Å². The molecular weight excluding hydrogens is 372 g/mol. The lowest BCUT2D eigenvalue weighted by Crippen LogP contribution is -2.22. The highest BCUT2D eigenvalue weighted by Crippen LogP contribution is 2.30. The molecule has 1 N–H and O–H groups in total. The summed E-state index contributed by atoms with van der Waals surface area (Å²) >= 11 is 0. The highest BCUT2D eigenvalue weighted by molar-refractivity contribution is 5.99. The lowest BCUT2D eigenvalue weighted by molar-refractivity contribution is -0.384. The average molecular weight is 390 g/mol. The molecule has 0 fully saturated rings. The van der Waals surface area contributed by atoms with Gasteiger partial charge in [-0.05, 0) is 24.3 Å². The van der Waals surface area contributed by atoms with Gasteiger partial charge >= 0.3 is 5.97 Å². The zero-order valence-corrected chi connectivity index (χ0v) is 15.4. The number of carbonyl (C=O) groups excluding carboxylic acids is 2. The molecule has 0 aliphatic rings. The third-order valence-corrected chi connectivity index (χ3v) is 3.64. The molecule has 0 spiro atoms. The molecule has 2 rings (SSSR count). The minimum atomic E-state index is -0.839. The second-order valence-corrected chi connectivity index (χ2v) is 5.30. The monoisotopic (exact) mass is 390 g/mol. The summed E-state index contributed by atoms with van der Waals surface area (Å²) in [5.41, 5.74) is -0.386. The standard InChI is InChI=1S/C18H18N2O8/c1-25-11-7-8-12(13(9-11)20(23)24)19-16(21)10-28-18(22)17-14(26-2)5-4-6-15(17)27-3/h4-9H,10H2,1-3H3,(H,19,21). The molecule has 1 amide bonds. The van der Waals surface area contributed by atoms with Crippen LogP contribution in [0.2, 0.25) is 0 Å². The normalized spacial score (nSPS) is 9.96. The van der Waals surface area contributed by atoms with E-state index in [9.17, 15) is 19.7 Å². The summed E-state index contributed by atoms with van der Waals surface area (Å²) in [5, 5.41) is 13.5. The summed E-state index contributed by atoms with van der Waals surface area (Å²) in [5.74, 6) is -0.894. The number of nitrogens with one attached hydrogen (secondary N) is 1. The summed E-state index contributed by atoms with van der Waals surface area (Å²) in [4.78, 5) is 34.9. The Labute approximate surface area is 160 Å². The van der Waals surface area contributed by atoms with Crippen LogP contribution in [0.5, 0.6) is 17.2 Å². The van der Waals surface area contributed by atoms with Crippen molar-refractivity contribution in [2.24, 2.45) is 0 Å². The molecule has 2 aromatic carbocycles. The first-order chi connectivity index (χ1) is 13.4. The molecule has 0 heterocycles. The van der Waals surface area contributed by atoms with E-state index in [0.29, 0.717) is 0 Å². The molecule has 2 aromatic rings. The highest BCUT2D eigenvalue weighted by Gasteiger charge is 2.22. The summed E-state index contributed by atoms with van der Waals surface area (Å²) in [6.45, 7) is -0.663. The Morgan fingerprint density at radius 1 is 1.04 bits per heavy atom. The van der Waals surface area contributed by atoms with Gasteiger partial charge in [-0.3, -0.25) is 14.9 Å². The second-order valence-electron chi connectivity index (χ2n) is 5.30. The minimum absolute atomic E-state index is 0.0238. The molecule has 0 atom stereocenters. The Bertz CT molecular complexity index is 875. The fraction of sp³-hybridized carbons (Fsp3) is 0.222. The molecule has 10 heteroatoms. The highest BCUT2D eigenvalue weighted by atomic mass is 16.6. The van der Waals surface area contributed by atoms with Crippen LogP contribution in [0.15, 0.2) is 36.4 Å². The molecule has 0 unspecified atom stereocenters. The van der Waals surface area contributed by atoms with Crippen LogP contribution in [0, 0.1) is 10.1 Å². The summed E-state index contributed by atoms with van der Waals surface area (Å²) < 4.78 is 20.1. The third kappa shape index (κ3) is 4.67. The largest absolute Gasteiger partial charge is 0.496 e. The fourth-order valence-corrected chi connectivity index (χ4v) is 2.34. The van der Waals surface area contributed by atoms with Gasteiger partial charge in [0.1, 0.15) is 28.5 Å². The molecule has 10 nitrogen and oxygen atoms in total. The van der Waals surface area contributed by atoms with Crippen LogP contribution in [0.3, 0.4) is 0 Å². The van der Waals surface area contributed by atoms with Gasteiger partial charge in [0.05, 0.1) is 32.3 Å². The van der Waals surface area contributed by atoms with Crippen LogP contribution in [0.25, 0.3) is 0 Å². The summed E-state index contributed by atoms with van der Waals surface area (Å²) in [6, 6.07) is 8.65. The number of methoxy groups -OCH3 is 3. The molecule has 0 saturated heterocycles. The van der Waals surface area contributed by atoms with Crippen molar-refractivity contribution in [1.82, 2.24) is 0 Å². The number of benzene rings is 2. The average Bonchev–Trinajstić information content (AvgIpc) is 2.71. The number of nitro benzene ring substituents is 1. The molecule has 0 aliphatic heterocycles. The van der Waals surface area contributed by atoms with Crippen molar-refractivity contribution in [3.8, 4) is 17.2 Å². The molecule has 28 heavy (non-hydrogen) atoms. The van der Waals surface area contributed by atoms with Crippen molar-refractivity contribution in [1.29, 1.82) is 0 Å². The van der Waals surface area contributed by atoms with Gasteiger partial charge < -0.3 is 24.3 Å². The Morgan fingerprint density at radius 3 is 2.21 bits per heavy atom. The quantitative estimate of drug-likeness (QED) is 0.414. The van der Waals surface area contributed by atoms with Crippen molar-refractivity contribution >= 4 is 23.3 Å². The van der Waals surface area contributed by atoms with Crippen molar-refractivity contribution in [2.45, 2.75) is 0 Å². The minimum Gasteiger partial charge on any atom is -0.496 e. The van der Waals surface area contributed by atoms with E-state index in [1.807, 2.05) is 0 Å². The molecular formula is C18H18N2O8. The number of rotatable bonds is 8. The third-order valence-electron chi connectivity index (χ3n) is 3.64. The van der Waals surface area contributed by atoms with Crippen LogP contribution in [0.4, 0.5) is 11.4 Å². The van der Waals surface area contributed by atoms with Gasteiger partial charge in [-0.1, -0.05) is 6.07 Å². The smallest absolute Gasteiger partial charge is 0.346 e. The molecule has 0 aromatic heterocycles. The maximum absolute atomic E-state index is 12.3. The number of esters is 1. The van der Waals surface area contributed by atoms with E-state index in [2.05, 4.69) is 5.32 Å². The van der Waals surface area contributed by atoms with Crippen molar-refractivity contribution in [3.05, 3.63) is 52.1 Å². The van der Waals surface area contributed by atoms with Crippen LogP contribution >= 0.6 is 0 Å². The lowest BCUT2D eigenvalue weighted by Gasteiger charge is -2.12. The van der Waals surface area contributed by atoms with E-state index >= 15 is 0 Å². The fourth-order valence-electron chi connectivity index (χ4n) is 2.34. The zero-order chi connectivity index (χ0) is 20.7. The van der Waals surface area contributed by atoms with Crippen LogP contribution < -0.4 is 19.5 Å². The number of nitro groups is 1. The summed E-state index contributed by atoms with van der Waals surface area (Å²) in [6.07, 6.45) is 0. The zero-order valence-electron chi connectivity index (χ0n) is 15.4. The second kappa shape index (κ2) is 9.21. The number of carbonyl (C=O) groups is 2. The van der Waals surface area contributed by atoms with Crippen molar-refractivity contribution in [2.75, 3.05) is 33.3 Å². The predicted molar refractivity (Wildman–Crippen MR) is 98.1 cm³/mol. The molecule has 0 bridgehead atoms. The Hall–Kier alpha value is -3.82. The van der Waals surface area contributed by atoms with Crippen molar-refractivity contribution in [3.63, 3.8) is 0 Å². The van der Waals surface area contributed by atoms with E-state index < -0.39 is 23.4 Å². The summed E-state index contributed by atoms with van der Waals surface area (Å²) in [7, 11) is 4.12. The number of amides is 1. The first-order valence-electron chi connectivity index (χ1n) is 7.91.